The number of quaternary nitrogens is 2. The van der Waals surface area contributed by atoms with Crippen molar-refractivity contribution in [1.29, 1.82) is 0 Å². The van der Waals surface area contributed by atoms with Crippen molar-refractivity contribution in [3.05, 3.63) is 59.4 Å². The molecule has 0 spiro atoms. The molecule has 2 heterocycles. The van der Waals surface area contributed by atoms with Crippen LogP contribution in [0.15, 0.2) is 42.5 Å². The van der Waals surface area contributed by atoms with Crippen LogP contribution in [0.2, 0.25) is 0 Å². The summed E-state index contributed by atoms with van der Waals surface area (Å²) in [5.74, 6) is 1.51. The van der Waals surface area contributed by atoms with Gasteiger partial charge in [-0.25, -0.2) is 4.39 Å². The Labute approximate surface area is 176 Å². The van der Waals surface area contributed by atoms with Crippen LogP contribution in [0.5, 0.6) is 11.5 Å². The second-order valence-corrected chi connectivity index (χ2v) is 8.16. The molecule has 0 bridgehead atoms. The Bertz CT molecular complexity index is 866. The third-order valence-electron chi connectivity index (χ3n) is 6.12. The van der Waals surface area contributed by atoms with Gasteiger partial charge in [0.1, 0.15) is 38.5 Å². The first-order valence-corrected chi connectivity index (χ1v) is 10.7. The number of amides is 1. The number of nitrogens with one attached hydrogen (secondary N) is 3. The Balaban J connectivity index is 1.19. The molecule has 0 aliphatic carbocycles. The molecule has 2 aromatic rings. The summed E-state index contributed by atoms with van der Waals surface area (Å²) in [6.45, 7) is 7.88. The summed E-state index contributed by atoms with van der Waals surface area (Å²) in [7, 11) is 0. The van der Waals surface area contributed by atoms with Crippen LogP contribution in [0.3, 0.4) is 0 Å². The molecule has 0 saturated carbocycles. The van der Waals surface area contributed by atoms with Crippen LogP contribution in [0.4, 0.5) is 4.39 Å². The standard InChI is InChI=1S/C23H28FN3O3/c1-17(23(28)25-9-8-18-2-5-20(24)6-3-18)27-12-10-26(11-13-27)15-19-4-7-21-22(14-19)30-16-29-21/h2-7,14,17H,8-13,15-16H2,1H3,(H,25,28)/p+2/t17-/m0/s1. The van der Waals surface area contributed by atoms with Gasteiger partial charge >= 0.3 is 0 Å². The predicted octanol–water partition coefficient (Wildman–Crippen LogP) is -0.415. The second-order valence-electron chi connectivity index (χ2n) is 8.16. The molecule has 1 atom stereocenters. The highest BCUT2D eigenvalue weighted by Crippen LogP contribution is 2.32. The third-order valence-corrected chi connectivity index (χ3v) is 6.12. The van der Waals surface area contributed by atoms with Gasteiger partial charge in [0.2, 0.25) is 6.79 Å². The van der Waals surface area contributed by atoms with Crippen LogP contribution in [-0.2, 0) is 17.8 Å². The number of benzene rings is 2. The van der Waals surface area contributed by atoms with Gasteiger partial charge in [0.25, 0.3) is 5.91 Å². The minimum atomic E-state index is -0.236. The maximum Gasteiger partial charge on any atom is 0.278 e. The van der Waals surface area contributed by atoms with Gasteiger partial charge < -0.3 is 24.6 Å². The van der Waals surface area contributed by atoms with E-state index in [2.05, 4.69) is 17.4 Å². The second kappa shape index (κ2) is 9.45. The number of rotatable bonds is 7. The smallest absolute Gasteiger partial charge is 0.278 e. The Kier molecular flexibility index (Phi) is 6.50. The highest BCUT2D eigenvalue weighted by molar-refractivity contribution is 5.79. The maximum atomic E-state index is 13.0. The monoisotopic (exact) mass is 415 g/mol. The number of piperazine rings is 1. The van der Waals surface area contributed by atoms with Crippen molar-refractivity contribution in [1.82, 2.24) is 5.32 Å². The van der Waals surface area contributed by atoms with Gasteiger partial charge in [0, 0.05) is 12.1 Å². The van der Waals surface area contributed by atoms with Crippen LogP contribution >= 0.6 is 0 Å². The van der Waals surface area contributed by atoms with Gasteiger partial charge in [-0.15, -0.1) is 0 Å². The molecule has 3 N–H and O–H groups in total. The number of hydrogen-bond acceptors (Lipinski definition) is 3. The molecule has 6 nitrogen and oxygen atoms in total. The average molecular weight is 416 g/mol. The lowest BCUT2D eigenvalue weighted by molar-refractivity contribution is -1.02. The fourth-order valence-electron chi connectivity index (χ4n) is 4.19. The van der Waals surface area contributed by atoms with Crippen molar-refractivity contribution >= 4 is 5.91 Å². The van der Waals surface area contributed by atoms with E-state index in [0.717, 1.165) is 49.8 Å². The molecule has 2 aliphatic rings. The number of halogens is 1. The molecular weight excluding hydrogens is 385 g/mol. The van der Waals surface area contributed by atoms with E-state index in [0.29, 0.717) is 19.8 Å². The zero-order valence-corrected chi connectivity index (χ0v) is 17.4. The number of ether oxygens (including phenoxy) is 2. The van der Waals surface area contributed by atoms with Crippen LogP contribution in [0.1, 0.15) is 18.1 Å². The first-order valence-electron chi connectivity index (χ1n) is 10.7. The molecule has 0 unspecified atom stereocenters. The molecule has 1 saturated heterocycles. The Hall–Kier alpha value is -2.64. The van der Waals surface area contributed by atoms with Crippen molar-refractivity contribution in [3.63, 3.8) is 0 Å². The van der Waals surface area contributed by atoms with E-state index in [-0.39, 0.29) is 17.8 Å². The van der Waals surface area contributed by atoms with E-state index in [9.17, 15) is 9.18 Å². The van der Waals surface area contributed by atoms with Crippen LogP contribution in [0, 0.1) is 5.82 Å². The van der Waals surface area contributed by atoms with Crippen molar-refractivity contribution in [2.24, 2.45) is 0 Å². The molecule has 160 valence electrons. The minimum absolute atomic E-state index is 0.0645. The number of carbonyl (C=O) groups excluding carboxylic acids is 1. The number of hydrogen-bond donors (Lipinski definition) is 3. The summed E-state index contributed by atoms with van der Waals surface area (Å²) in [6, 6.07) is 12.5. The van der Waals surface area contributed by atoms with Gasteiger partial charge in [0.05, 0.1) is 0 Å². The number of carbonyl (C=O) groups is 1. The van der Waals surface area contributed by atoms with E-state index < -0.39 is 0 Å². The topological polar surface area (TPSA) is 56.4 Å². The lowest BCUT2D eigenvalue weighted by Crippen LogP contribution is -3.29. The van der Waals surface area contributed by atoms with Gasteiger partial charge in [-0.1, -0.05) is 12.1 Å². The summed E-state index contributed by atoms with van der Waals surface area (Å²) in [6.07, 6.45) is 0.710. The molecule has 2 aliphatic heterocycles. The van der Waals surface area contributed by atoms with Gasteiger partial charge in [-0.3, -0.25) is 4.79 Å². The quantitative estimate of drug-likeness (QED) is 0.576. The molecule has 0 radical (unpaired) electrons. The van der Waals surface area contributed by atoms with E-state index >= 15 is 0 Å². The van der Waals surface area contributed by atoms with Crippen LogP contribution in [-0.4, -0.2) is 51.5 Å². The summed E-state index contributed by atoms with van der Waals surface area (Å²) in [4.78, 5) is 15.4. The van der Waals surface area contributed by atoms with Crippen molar-refractivity contribution in [2.45, 2.75) is 25.9 Å². The summed E-state index contributed by atoms with van der Waals surface area (Å²) in [5.41, 5.74) is 2.28. The van der Waals surface area contributed by atoms with Crippen molar-refractivity contribution < 1.29 is 28.5 Å². The highest BCUT2D eigenvalue weighted by atomic mass is 19.1. The van der Waals surface area contributed by atoms with Gasteiger partial charge in [0.15, 0.2) is 17.5 Å². The largest absolute Gasteiger partial charge is 0.454 e. The van der Waals surface area contributed by atoms with Gasteiger partial charge in [-0.05, 0) is 49.2 Å². The predicted molar refractivity (Wildman–Crippen MR) is 110 cm³/mol. The zero-order valence-electron chi connectivity index (χ0n) is 17.4. The fraction of sp³-hybridized carbons (Fsp3) is 0.435. The van der Waals surface area contributed by atoms with E-state index in [4.69, 9.17) is 9.47 Å². The Morgan fingerprint density at radius 3 is 2.50 bits per heavy atom. The SMILES string of the molecule is C[C@@H](C(=O)NCCc1ccc(F)cc1)[NH+]1CC[NH+](Cc2ccc3c(c2)OCO3)CC1. The van der Waals surface area contributed by atoms with Crippen molar-refractivity contribution in [3.8, 4) is 11.5 Å². The first-order chi connectivity index (χ1) is 14.6. The molecular formula is C23H30FN3O3+2. The summed E-state index contributed by atoms with van der Waals surface area (Å²) in [5, 5.41) is 3.03. The Morgan fingerprint density at radius 1 is 1.03 bits per heavy atom. The molecule has 1 fully saturated rings. The first kappa shape index (κ1) is 20.6. The number of fused-ring (bicyclic) bond motifs is 1. The Morgan fingerprint density at radius 2 is 1.73 bits per heavy atom. The maximum absolute atomic E-state index is 13.0. The van der Waals surface area contributed by atoms with E-state index in [1.165, 1.54) is 27.5 Å². The van der Waals surface area contributed by atoms with Gasteiger partial charge in [-0.2, -0.15) is 0 Å². The lowest BCUT2D eigenvalue weighted by atomic mass is 10.1. The van der Waals surface area contributed by atoms with E-state index in [1.807, 2.05) is 13.0 Å². The van der Waals surface area contributed by atoms with E-state index in [1.54, 1.807) is 12.1 Å². The minimum Gasteiger partial charge on any atom is -0.454 e. The normalized spacial score (nSPS) is 21.3. The lowest BCUT2D eigenvalue weighted by Gasteiger charge is -2.32. The summed E-state index contributed by atoms with van der Waals surface area (Å²) >= 11 is 0. The molecule has 0 aromatic heterocycles. The van der Waals surface area contributed by atoms with Crippen molar-refractivity contribution in [2.75, 3.05) is 39.5 Å². The zero-order chi connectivity index (χ0) is 20.9. The third kappa shape index (κ3) is 5.09. The van der Waals surface area contributed by atoms with Crippen LogP contribution in [0.25, 0.3) is 0 Å². The highest BCUT2D eigenvalue weighted by Gasteiger charge is 2.31. The molecule has 30 heavy (non-hydrogen) atoms. The molecule has 7 heteroatoms. The molecule has 2 aromatic carbocycles. The molecule has 1 amide bonds. The summed E-state index contributed by atoms with van der Waals surface area (Å²) < 4.78 is 23.8. The average Bonchev–Trinajstić information content (AvgIpc) is 3.23. The molecule has 4 rings (SSSR count). The van der Waals surface area contributed by atoms with Crippen LogP contribution < -0.4 is 24.6 Å². The fourth-order valence-corrected chi connectivity index (χ4v) is 4.19.